The number of halogens is 2. The third-order valence-corrected chi connectivity index (χ3v) is 4.10. The molecule has 1 rings (SSSR count). The fourth-order valence-corrected chi connectivity index (χ4v) is 2.55. The Morgan fingerprint density at radius 1 is 1.26 bits per heavy atom. The van der Waals surface area contributed by atoms with Crippen LogP contribution in [0, 0.1) is 0 Å². The fourth-order valence-electron chi connectivity index (χ4n) is 2.11. The molecule has 0 fully saturated rings. The van der Waals surface area contributed by atoms with Crippen LogP contribution < -0.4 is 10.6 Å². The molecule has 0 radical (unpaired) electrons. The number of alkyl carbamates (subject to hydrolysis) is 1. The minimum absolute atomic E-state index is 0.129. The van der Waals surface area contributed by atoms with Gasteiger partial charge in [0.25, 0.3) is 0 Å². The van der Waals surface area contributed by atoms with Gasteiger partial charge in [0.15, 0.2) is 0 Å². The average Bonchev–Trinajstić information content (AvgIpc) is 2.52. The van der Waals surface area contributed by atoms with Crippen LogP contribution in [0.2, 0.25) is 10.0 Å². The molecule has 150 valence electrons. The highest BCUT2D eigenvalue weighted by Gasteiger charge is 2.23. The van der Waals surface area contributed by atoms with Crippen LogP contribution in [0.15, 0.2) is 30.4 Å². The summed E-state index contributed by atoms with van der Waals surface area (Å²) in [7, 11) is 3.81. The molecule has 27 heavy (non-hydrogen) atoms. The van der Waals surface area contributed by atoms with Crippen molar-refractivity contribution in [2.75, 3.05) is 27.2 Å². The van der Waals surface area contributed by atoms with Crippen molar-refractivity contribution in [1.82, 2.24) is 15.5 Å². The maximum atomic E-state index is 12.2. The first-order valence-corrected chi connectivity index (χ1v) is 9.27. The number of nitrogens with one attached hydrogen (secondary N) is 2. The molecule has 0 saturated heterocycles. The van der Waals surface area contributed by atoms with E-state index >= 15 is 0 Å². The number of hydrogen-bond donors (Lipinski definition) is 2. The van der Waals surface area contributed by atoms with Gasteiger partial charge in [0.05, 0.1) is 16.1 Å². The molecule has 1 aromatic carbocycles. The number of amides is 2. The van der Waals surface area contributed by atoms with Crippen LogP contribution in [0.25, 0.3) is 0 Å². The van der Waals surface area contributed by atoms with E-state index in [1.165, 1.54) is 6.08 Å². The molecule has 1 aromatic rings. The first-order valence-electron chi connectivity index (χ1n) is 8.52. The standard InChI is InChI=1S/C19H27Cl2N3O3/c1-19(2,3)27-18(26)23-15(13-8-6-9-14(20)17(13)21)12-22-16(25)10-7-11-24(4)5/h6-10,15H,11-12H2,1-5H3,(H,22,25)(H,23,26)/b10-7+. The number of likely N-dealkylation sites (N-methyl/N-ethyl adjacent to an activating group) is 1. The summed E-state index contributed by atoms with van der Waals surface area (Å²) in [6.45, 7) is 6.08. The molecule has 2 N–H and O–H groups in total. The zero-order valence-electron chi connectivity index (χ0n) is 16.3. The van der Waals surface area contributed by atoms with Gasteiger partial charge in [-0.05, 0) is 46.5 Å². The second-order valence-electron chi connectivity index (χ2n) is 7.25. The first-order chi connectivity index (χ1) is 12.5. The van der Waals surface area contributed by atoms with Crippen LogP contribution in [0.4, 0.5) is 4.79 Å². The zero-order chi connectivity index (χ0) is 20.6. The van der Waals surface area contributed by atoms with E-state index in [0.29, 0.717) is 22.2 Å². The van der Waals surface area contributed by atoms with Crippen LogP contribution in [0.5, 0.6) is 0 Å². The van der Waals surface area contributed by atoms with Crippen molar-refractivity contribution >= 4 is 35.2 Å². The Hall–Kier alpha value is -1.76. The third kappa shape index (κ3) is 9.13. The Labute approximate surface area is 170 Å². The zero-order valence-corrected chi connectivity index (χ0v) is 17.8. The Bertz CT molecular complexity index is 685. The third-order valence-electron chi connectivity index (χ3n) is 3.27. The maximum Gasteiger partial charge on any atom is 0.408 e. The van der Waals surface area contributed by atoms with Crippen molar-refractivity contribution in [2.45, 2.75) is 32.4 Å². The van der Waals surface area contributed by atoms with Crippen LogP contribution in [0.1, 0.15) is 32.4 Å². The largest absolute Gasteiger partial charge is 0.444 e. The fraction of sp³-hybridized carbons (Fsp3) is 0.474. The van der Waals surface area contributed by atoms with Crippen molar-refractivity contribution < 1.29 is 14.3 Å². The summed E-state index contributed by atoms with van der Waals surface area (Å²) >= 11 is 12.4. The Balaban J connectivity index is 2.88. The number of benzene rings is 1. The van der Waals surface area contributed by atoms with Crippen LogP contribution in [0.3, 0.4) is 0 Å². The lowest BCUT2D eigenvalue weighted by atomic mass is 10.1. The van der Waals surface area contributed by atoms with E-state index in [-0.39, 0.29) is 12.5 Å². The van der Waals surface area contributed by atoms with Gasteiger partial charge in [-0.1, -0.05) is 41.4 Å². The number of nitrogens with zero attached hydrogens (tertiary/aromatic N) is 1. The molecule has 0 aliphatic heterocycles. The smallest absolute Gasteiger partial charge is 0.408 e. The van der Waals surface area contributed by atoms with Gasteiger partial charge < -0.3 is 20.3 Å². The van der Waals surface area contributed by atoms with E-state index in [1.807, 2.05) is 19.0 Å². The van der Waals surface area contributed by atoms with Crippen molar-refractivity contribution in [1.29, 1.82) is 0 Å². The number of rotatable bonds is 7. The average molecular weight is 416 g/mol. The van der Waals surface area contributed by atoms with Crippen molar-refractivity contribution in [3.05, 3.63) is 46.0 Å². The van der Waals surface area contributed by atoms with Gasteiger partial charge in [0.2, 0.25) is 5.91 Å². The molecule has 0 saturated carbocycles. The molecule has 2 amide bonds. The molecule has 0 aromatic heterocycles. The van der Waals surface area contributed by atoms with E-state index < -0.39 is 17.7 Å². The van der Waals surface area contributed by atoms with E-state index in [4.69, 9.17) is 27.9 Å². The minimum atomic E-state index is -0.648. The Morgan fingerprint density at radius 2 is 1.93 bits per heavy atom. The molecule has 8 heteroatoms. The number of ether oxygens (including phenoxy) is 1. The normalized spacial score (nSPS) is 12.9. The lowest BCUT2D eigenvalue weighted by Crippen LogP contribution is -2.40. The van der Waals surface area contributed by atoms with Gasteiger partial charge in [0, 0.05) is 19.2 Å². The van der Waals surface area contributed by atoms with Crippen LogP contribution >= 0.6 is 23.2 Å². The first kappa shape index (κ1) is 23.3. The summed E-state index contributed by atoms with van der Waals surface area (Å²) in [5, 5.41) is 6.17. The summed E-state index contributed by atoms with van der Waals surface area (Å²) in [5.41, 5.74) is -0.0575. The molecule has 1 atom stereocenters. The number of carbonyl (C=O) groups excluding carboxylic acids is 2. The lowest BCUT2D eigenvalue weighted by molar-refractivity contribution is -0.116. The molecule has 1 unspecified atom stereocenters. The number of carbonyl (C=O) groups is 2. The van der Waals surface area contributed by atoms with E-state index in [9.17, 15) is 9.59 Å². The summed E-state index contributed by atoms with van der Waals surface area (Å²) in [6, 6.07) is 4.52. The van der Waals surface area contributed by atoms with Crippen LogP contribution in [-0.4, -0.2) is 49.7 Å². The van der Waals surface area contributed by atoms with Gasteiger partial charge in [-0.15, -0.1) is 0 Å². The molecular weight excluding hydrogens is 389 g/mol. The minimum Gasteiger partial charge on any atom is -0.444 e. The summed E-state index contributed by atoms with van der Waals surface area (Å²) < 4.78 is 5.30. The predicted molar refractivity (Wildman–Crippen MR) is 109 cm³/mol. The highest BCUT2D eigenvalue weighted by molar-refractivity contribution is 6.42. The SMILES string of the molecule is CN(C)C/C=C/C(=O)NCC(NC(=O)OC(C)(C)C)c1cccc(Cl)c1Cl. The molecule has 0 aliphatic rings. The van der Waals surface area contributed by atoms with E-state index in [0.717, 1.165) is 0 Å². The molecule has 0 heterocycles. The molecule has 6 nitrogen and oxygen atoms in total. The molecular formula is C19H27Cl2N3O3. The summed E-state index contributed by atoms with van der Waals surface area (Å²) in [5.74, 6) is -0.272. The predicted octanol–water partition coefficient (Wildman–Crippen LogP) is 3.79. The highest BCUT2D eigenvalue weighted by atomic mass is 35.5. The maximum absolute atomic E-state index is 12.2. The molecule has 0 bridgehead atoms. The van der Waals surface area contributed by atoms with Gasteiger partial charge >= 0.3 is 6.09 Å². The molecule has 0 spiro atoms. The second-order valence-corrected chi connectivity index (χ2v) is 8.04. The quantitative estimate of drug-likeness (QED) is 0.664. The number of hydrogen-bond acceptors (Lipinski definition) is 4. The van der Waals surface area contributed by atoms with E-state index in [1.54, 1.807) is 45.0 Å². The summed E-state index contributed by atoms with van der Waals surface area (Å²) in [6.07, 6.45) is 2.59. The van der Waals surface area contributed by atoms with E-state index in [2.05, 4.69) is 10.6 Å². The van der Waals surface area contributed by atoms with Crippen molar-refractivity contribution in [3.63, 3.8) is 0 Å². The lowest BCUT2D eigenvalue weighted by Gasteiger charge is -2.24. The monoisotopic (exact) mass is 415 g/mol. The molecule has 0 aliphatic carbocycles. The van der Waals surface area contributed by atoms with Crippen molar-refractivity contribution in [3.8, 4) is 0 Å². The van der Waals surface area contributed by atoms with Gasteiger partial charge in [-0.2, -0.15) is 0 Å². The highest BCUT2D eigenvalue weighted by Crippen LogP contribution is 2.30. The Kier molecular flexibility index (Phi) is 9.09. The topological polar surface area (TPSA) is 70.7 Å². The summed E-state index contributed by atoms with van der Waals surface area (Å²) in [4.78, 5) is 26.1. The van der Waals surface area contributed by atoms with Gasteiger partial charge in [0.1, 0.15) is 5.60 Å². The Morgan fingerprint density at radius 3 is 2.52 bits per heavy atom. The van der Waals surface area contributed by atoms with Crippen LogP contribution in [-0.2, 0) is 9.53 Å². The van der Waals surface area contributed by atoms with Gasteiger partial charge in [-0.25, -0.2) is 4.79 Å². The van der Waals surface area contributed by atoms with Gasteiger partial charge in [-0.3, -0.25) is 4.79 Å². The second kappa shape index (κ2) is 10.5. The van der Waals surface area contributed by atoms with Crippen molar-refractivity contribution in [2.24, 2.45) is 0 Å².